The van der Waals surface area contributed by atoms with Crippen LogP contribution in [-0.4, -0.2) is 65.5 Å². The van der Waals surface area contributed by atoms with Crippen LogP contribution in [0.2, 0.25) is 0 Å². The molecule has 1 N–H and O–H groups in total. The van der Waals surface area contributed by atoms with E-state index in [-0.39, 0.29) is 0 Å². The molecular formula is C18H26N6O2. The fourth-order valence-electron chi connectivity index (χ4n) is 3.62. The predicted molar refractivity (Wildman–Crippen MR) is 98.3 cm³/mol. The van der Waals surface area contributed by atoms with E-state index in [9.17, 15) is 0 Å². The third kappa shape index (κ3) is 3.81. The van der Waals surface area contributed by atoms with Crippen LogP contribution in [-0.2, 0) is 11.3 Å². The van der Waals surface area contributed by atoms with Gasteiger partial charge in [-0.15, -0.1) is 0 Å². The minimum absolute atomic E-state index is 0.357. The van der Waals surface area contributed by atoms with Crippen molar-refractivity contribution in [3.63, 3.8) is 0 Å². The summed E-state index contributed by atoms with van der Waals surface area (Å²) in [6.07, 6.45) is 2.91. The molecule has 8 nitrogen and oxygen atoms in total. The first-order chi connectivity index (χ1) is 12.7. The van der Waals surface area contributed by atoms with Gasteiger partial charge in [-0.05, 0) is 26.3 Å². The largest absolute Gasteiger partial charge is 0.378 e. The second kappa shape index (κ2) is 7.59. The maximum Gasteiger partial charge on any atom is 0.224 e. The number of nitrogens with one attached hydrogen (secondary N) is 1. The van der Waals surface area contributed by atoms with Crippen LogP contribution in [0.25, 0.3) is 0 Å². The Labute approximate surface area is 153 Å². The lowest BCUT2D eigenvalue weighted by atomic mass is 10.2. The SMILES string of the molecule is Cc1noc(C)c1CN1CCC(Nc2nccc(N3CCOCC3)n2)C1. The molecule has 2 saturated heterocycles. The van der Waals surface area contributed by atoms with E-state index in [1.807, 2.05) is 26.1 Å². The number of aromatic nitrogens is 3. The molecule has 2 fully saturated rings. The molecule has 140 valence electrons. The van der Waals surface area contributed by atoms with Gasteiger partial charge in [0.25, 0.3) is 0 Å². The van der Waals surface area contributed by atoms with Gasteiger partial charge in [-0.2, -0.15) is 4.98 Å². The van der Waals surface area contributed by atoms with Gasteiger partial charge in [0.05, 0.1) is 18.9 Å². The summed E-state index contributed by atoms with van der Waals surface area (Å²) in [7, 11) is 0. The summed E-state index contributed by atoms with van der Waals surface area (Å²) in [5.74, 6) is 2.59. The maximum atomic E-state index is 5.41. The van der Waals surface area contributed by atoms with Crippen molar-refractivity contribution in [3.05, 3.63) is 29.3 Å². The predicted octanol–water partition coefficient (Wildman–Crippen LogP) is 1.60. The number of rotatable bonds is 5. The molecule has 0 radical (unpaired) electrons. The molecule has 0 spiro atoms. The second-order valence-corrected chi connectivity index (χ2v) is 7.01. The Morgan fingerprint density at radius 1 is 1.23 bits per heavy atom. The minimum atomic E-state index is 0.357. The van der Waals surface area contributed by atoms with E-state index < -0.39 is 0 Å². The van der Waals surface area contributed by atoms with E-state index in [4.69, 9.17) is 14.2 Å². The van der Waals surface area contributed by atoms with Crippen LogP contribution < -0.4 is 10.2 Å². The van der Waals surface area contributed by atoms with Crippen LogP contribution in [0, 0.1) is 13.8 Å². The molecule has 2 aromatic heterocycles. The number of nitrogens with zero attached hydrogens (tertiary/aromatic N) is 5. The molecule has 4 heterocycles. The molecule has 2 aromatic rings. The van der Waals surface area contributed by atoms with E-state index in [1.165, 1.54) is 5.56 Å². The molecule has 0 amide bonds. The molecule has 2 aliphatic heterocycles. The lowest BCUT2D eigenvalue weighted by molar-refractivity contribution is 0.122. The molecule has 1 unspecified atom stereocenters. The summed E-state index contributed by atoms with van der Waals surface area (Å²) in [6, 6.07) is 2.32. The Hall–Kier alpha value is -2.19. The Kier molecular flexibility index (Phi) is 5.03. The third-order valence-corrected chi connectivity index (χ3v) is 5.14. The van der Waals surface area contributed by atoms with Crippen molar-refractivity contribution in [3.8, 4) is 0 Å². The Morgan fingerprint density at radius 3 is 2.85 bits per heavy atom. The lowest BCUT2D eigenvalue weighted by Gasteiger charge is -2.28. The Balaban J connectivity index is 1.35. The van der Waals surface area contributed by atoms with Gasteiger partial charge in [0.15, 0.2) is 0 Å². The highest BCUT2D eigenvalue weighted by Crippen LogP contribution is 2.21. The smallest absolute Gasteiger partial charge is 0.224 e. The number of anilines is 2. The molecule has 0 aromatic carbocycles. The van der Waals surface area contributed by atoms with Gasteiger partial charge in [-0.25, -0.2) is 4.98 Å². The van der Waals surface area contributed by atoms with Gasteiger partial charge >= 0.3 is 0 Å². The van der Waals surface area contributed by atoms with Gasteiger partial charge in [-0.3, -0.25) is 4.90 Å². The molecule has 0 bridgehead atoms. The van der Waals surface area contributed by atoms with Gasteiger partial charge in [0.2, 0.25) is 5.95 Å². The van der Waals surface area contributed by atoms with Crippen LogP contribution >= 0.6 is 0 Å². The van der Waals surface area contributed by atoms with E-state index in [0.29, 0.717) is 12.0 Å². The average Bonchev–Trinajstić information content (AvgIpc) is 3.24. The average molecular weight is 358 g/mol. The quantitative estimate of drug-likeness (QED) is 0.863. The van der Waals surface area contributed by atoms with Gasteiger partial charge in [0.1, 0.15) is 11.6 Å². The normalized spacial score (nSPS) is 21.3. The van der Waals surface area contributed by atoms with Crippen LogP contribution in [0.15, 0.2) is 16.8 Å². The van der Waals surface area contributed by atoms with Crippen molar-refractivity contribution in [2.24, 2.45) is 0 Å². The summed E-state index contributed by atoms with van der Waals surface area (Å²) in [4.78, 5) is 13.8. The van der Waals surface area contributed by atoms with Crippen molar-refractivity contribution in [2.45, 2.75) is 32.9 Å². The van der Waals surface area contributed by atoms with Crippen molar-refractivity contribution >= 4 is 11.8 Å². The van der Waals surface area contributed by atoms with Crippen LogP contribution in [0.4, 0.5) is 11.8 Å². The van der Waals surface area contributed by atoms with E-state index >= 15 is 0 Å². The fourth-order valence-corrected chi connectivity index (χ4v) is 3.62. The first kappa shape index (κ1) is 17.2. The number of hydrogen-bond acceptors (Lipinski definition) is 8. The molecule has 1 atom stereocenters. The van der Waals surface area contributed by atoms with Crippen LogP contribution in [0.1, 0.15) is 23.4 Å². The summed E-state index contributed by atoms with van der Waals surface area (Å²) < 4.78 is 10.7. The van der Waals surface area contributed by atoms with E-state index in [1.54, 1.807) is 0 Å². The highest BCUT2D eigenvalue weighted by molar-refractivity contribution is 5.43. The van der Waals surface area contributed by atoms with Crippen molar-refractivity contribution in [1.82, 2.24) is 20.0 Å². The zero-order valence-corrected chi connectivity index (χ0v) is 15.4. The summed E-state index contributed by atoms with van der Waals surface area (Å²) in [5, 5.41) is 7.55. The molecule has 8 heteroatoms. The number of hydrogen-bond donors (Lipinski definition) is 1. The van der Waals surface area contributed by atoms with E-state index in [0.717, 1.165) is 69.6 Å². The number of ether oxygens (including phenoxy) is 1. The van der Waals surface area contributed by atoms with Gasteiger partial charge < -0.3 is 19.5 Å². The first-order valence-corrected chi connectivity index (χ1v) is 9.25. The zero-order valence-electron chi connectivity index (χ0n) is 15.4. The number of likely N-dealkylation sites (tertiary alicyclic amines) is 1. The summed E-state index contributed by atoms with van der Waals surface area (Å²) >= 11 is 0. The first-order valence-electron chi connectivity index (χ1n) is 9.25. The van der Waals surface area contributed by atoms with Gasteiger partial charge in [0, 0.05) is 50.5 Å². The molecule has 4 rings (SSSR count). The molecule has 2 aliphatic rings. The highest BCUT2D eigenvalue weighted by atomic mass is 16.5. The van der Waals surface area contributed by atoms with Crippen LogP contribution in [0.3, 0.4) is 0 Å². The molecular weight excluding hydrogens is 332 g/mol. The number of aryl methyl sites for hydroxylation is 2. The zero-order chi connectivity index (χ0) is 17.9. The topological polar surface area (TPSA) is 79.6 Å². The highest BCUT2D eigenvalue weighted by Gasteiger charge is 2.25. The number of morpholine rings is 1. The van der Waals surface area contributed by atoms with Crippen molar-refractivity contribution < 1.29 is 9.26 Å². The molecule has 0 saturated carbocycles. The minimum Gasteiger partial charge on any atom is -0.378 e. The second-order valence-electron chi connectivity index (χ2n) is 7.01. The van der Waals surface area contributed by atoms with E-state index in [2.05, 4.69) is 25.3 Å². The standard InChI is InChI=1S/C18H26N6O2/c1-13-16(14(2)26-22-13)12-23-6-4-15(11-23)20-18-19-5-3-17(21-18)24-7-9-25-10-8-24/h3,5,15H,4,6-12H2,1-2H3,(H,19,20,21). The Bertz CT molecular complexity index is 724. The van der Waals surface area contributed by atoms with Crippen LogP contribution in [0.5, 0.6) is 0 Å². The third-order valence-electron chi connectivity index (χ3n) is 5.14. The Morgan fingerprint density at radius 2 is 2.08 bits per heavy atom. The molecule has 26 heavy (non-hydrogen) atoms. The fraction of sp³-hybridized carbons (Fsp3) is 0.611. The lowest BCUT2D eigenvalue weighted by Crippen LogP contribution is -2.37. The monoisotopic (exact) mass is 358 g/mol. The summed E-state index contributed by atoms with van der Waals surface area (Å²) in [6.45, 7) is 10.1. The summed E-state index contributed by atoms with van der Waals surface area (Å²) in [5.41, 5.74) is 2.19. The van der Waals surface area contributed by atoms with Gasteiger partial charge in [-0.1, -0.05) is 5.16 Å². The van der Waals surface area contributed by atoms with Crippen molar-refractivity contribution in [1.29, 1.82) is 0 Å². The van der Waals surface area contributed by atoms with Crippen molar-refractivity contribution in [2.75, 3.05) is 49.6 Å². The maximum absolute atomic E-state index is 5.41. The molecule has 0 aliphatic carbocycles.